The molecule has 0 radical (unpaired) electrons. The largest absolute Gasteiger partial charge is 0.352 e. The molecule has 4 N–H and O–H groups in total. The zero-order valence-electron chi connectivity index (χ0n) is 13.7. The van der Waals surface area contributed by atoms with Gasteiger partial charge in [-0.15, -0.1) is 0 Å². The Bertz CT molecular complexity index is 521. The average molecular weight is 340 g/mol. The van der Waals surface area contributed by atoms with Gasteiger partial charge < -0.3 is 16.4 Å². The second-order valence-corrected chi connectivity index (χ2v) is 5.88. The second kappa shape index (κ2) is 11.0. The maximum Gasteiger partial charge on any atom is 0.253 e. The zero-order valence-corrected chi connectivity index (χ0v) is 14.4. The Hall–Kier alpha value is -1.59. The van der Waals surface area contributed by atoms with E-state index in [1.165, 1.54) is 0 Å². The van der Waals surface area contributed by atoms with Gasteiger partial charge in [0.05, 0.1) is 11.3 Å². The molecule has 0 spiro atoms. The molecular weight excluding hydrogens is 314 g/mol. The Balaban J connectivity index is 2.61. The minimum absolute atomic E-state index is 0.107. The number of anilines is 1. The number of rotatable bonds is 10. The highest BCUT2D eigenvalue weighted by Crippen LogP contribution is 2.21. The third-order valence-electron chi connectivity index (χ3n) is 3.39. The van der Waals surface area contributed by atoms with Crippen molar-refractivity contribution in [2.45, 2.75) is 45.4 Å². The summed E-state index contributed by atoms with van der Waals surface area (Å²) in [5, 5.41) is 6.08. The number of unbranched alkanes of at least 4 members (excludes halogenated alkanes) is 3. The van der Waals surface area contributed by atoms with Gasteiger partial charge in [0.2, 0.25) is 5.91 Å². The minimum Gasteiger partial charge on any atom is -0.352 e. The number of halogens is 1. The zero-order chi connectivity index (χ0) is 17.1. The minimum atomic E-state index is -0.207. The maximum absolute atomic E-state index is 12.1. The summed E-state index contributed by atoms with van der Waals surface area (Å²) in [5.74, 6) is -0.314. The lowest BCUT2D eigenvalue weighted by atomic mass is 10.1. The van der Waals surface area contributed by atoms with Crippen molar-refractivity contribution in [2.75, 3.05) is 18.4 Å². The van der Waals surface area contributed by atoms with Gasteiger partial charge in [0.25, 0.3) is 5.91 Å². The van der Waals surface area contributed by atoms with Gasteiger partial charge in [0, 0.05) is 18.0 Å². The van der Waals surface area contributed by atoms with E-state index < -0.39 is 0 Å². The molecule has 0 bridgehead atoms. The highest BCUT2D eigenvalue weighted by molar-refractivity contribution is 6.31. The van der Waals surface area contributed by atoms with Crippen molar-refractivity contribution in [3.63, 3.8) is 0 Å². The number of benzene rings is 1. The molecule has 0 saturated carbocycles. The maximum atomic E-state index is 12.1. The lowest BCUT2D eigenvalue weighted by Crippen LogP contribution is -2.25. The fourth-order valence-electron chi connectivity index (χ4n) is 2.15. The molecule has 2 amide bonds. The summed E-state index contributed by atoms with van der Waals surface area (Å²) < 4.78 is 0. The number of carbonyl (C=O) groups excluding carboxylic acids is 2. The third kappa shape index (κ3) is 7.48. The van der Waals surface area contributed by atoms with E-state index in [1.807, 2.05) is 6.92 Å². The van der Waals surface area contributed by atoms with Crippen LogP contribution < -0.4 is 16.4 Å². The molecule has 0 aromatic heterocycles. The van der Waals surface area contributed by atoms with Crippen molar-refractivity contribution in [3.05, 3.63) is 28.8 Å². The van der Waals surface area contributed by atoms with Crippen LogP contribution in [0.5, 0.6) is 0 Å². The summed E-state index contributed by atoms with van der Waals surface area (Å²) >= 11 is 5.98. The Morgan fingerprint density at radius 2 is 1.91 bits per heavy atom. The Kier molecular flexibility index (Phi) is 9.33. The van der Waals surface area contributed by atoms with Crippen LogP contribution in [0.1, 0.15) is 55.8 Å². The van der Waals surface area contributed by atoms with Gasteiger partial charge in [-0.25, -0.2) is 0 Å². The fourth-order valence-corrected chi connectivity index (χ4v) is 2.32. The monoisotopic (exact) mass is 339 g/mol. The first kappa shape index (κ1) is 19.5. The van der Waals surface area contributed by atoms with Crippen molar-refractivity contribution < 1.29 is 9.59 Å². The molecule has 5 nitrogen and oxygen atoms in total. The van der Waals surface area contributed by atoms with Crippen LogP contribution in [0.3, 0.4) is 0 Å². The van der Waals surface area contributed by atoms with E-state index in [0.29, 0.717) is 35.8 Å². The molecule has 0 saturated heterocycles. The summed E-state index contributed by atoms with van der Waals surface area (Å²) in [7, 11) is 0. The first-order chi connectivity index (χ1) is 11.1. The highest BCUT2D eigenvalue weighted by Gasteiger charge is 2.13. The van der Waals surface area contributed by atoms with E-state index in [2.05, 4.69) is 10.6 Å². The number of nitrogens with one attached hydrogen (secondary N) is 2. The summed E-state index contributed by atoms with van der Waals surface area (Å²) in [4.78, 5) is 24.2. The molecule has 0 aliphatic heterocycles. The van der Waals surface area contributed by atoms with Crippen LogP contribution in [0.2, 0.25) is 5.02 Å². The topological polar surface area (TPSA) is 84.2 Å². The van der Waals surface area contributed by atoms with Gasteiger partial charge in [0.15, 0.2) is 0 Å². The van der Waals surface area contributed by atoms with Crippen molar-refractivity contribution >= 4 is 29.1 Å². The molecule has 128 valence electrons. The van der Waals surface area contributed by atoms with Crippen LogP contribution >= 0.6 is 11.6 Å². The highest BCUT2D eigenvalue weighted by atomic mass is 35.5. The number of nitrogens with two attached hydrogens (primary N) is 1. The summed E-state index contributed by atoms with van der Waals surface area (Å²) in [6, 6.07) is 4.88. The van der Waals surface area contributed by atoms with Crippen LogP contribution in [0.4, 0.5) is 5.69 Å². The van der Waals surface area contributed by atoms with E-state index in [0.717, 1.165) is 32.1 Å². The number of amides is 2. The number of carbonyl (C=O) groups is 2. The summed E-state index contributed by atoms with van der Waals surface area (Å²) in [6.07, 6.45) is 5.08. The van der Waals surface area contributed by atoms with Crippen molar-refractivity contribution in [1.82, 2.24) is 5.32 Å². The molecule has 0 aliphatic carbocycles. The lowest BCUT2D eigenvalue weighted by molar-refractivity contribution is -0.116. The van der Waals surface area contributed by atoms with E-state index in [1.54, 1.807) is 18.2 Å². The van der Waals surface area contributed by atoms with Gasteiger partial charge in [-0.1, -0.05) is 31.4 Å². The van der Waals surface area contributed by atoms with E-state index in [9.17, 15) is 9.59 Å². The van der Waals surface area contributed by atoms with Crippen molar-refractivity contribution in [2.24, 2.45) is 5.73 Å². The van der Waals surface area contributed by atoms with Crippen LogP contribution in [0.15, 0.2) is 18.2 Å². The number of hydrogen-bond acceptors (Lipinski definition) is 3. The molecule has 6 heteroatoms. The van der Waals surface area contributed by atoms with Gasteiger partial charge in [-0.05, 0) is 44.0 Å². The molecule has 0 heterocycles. The average Bonchev–Trinajstić information content (AvgIpc) is 2.52. The molecule has 1 aromatic rings. The molecule has 1 rings (SSSR count). The van der Waals surface area contributed by atoms with Gasteiger partial charge in [-0.2, -0.15) is 0 Å². The SMILES string of the molecule is CCCNC(=O)c1ccc(Cl)cc1NC(=O)CCCCCCN. The van der Waals surface area contributed by atoms with Crippen molar-refractivity contribution in [3.8, 4) is 0 Å². The fraction of sp³-hybridized carbons (Fsp3) is 0.529. The smallest absolute Gasteiger partial charge is 0.253 e. The molecule has 0 atom stereocenters. The lowest BCUT2D eigenvalue weighted by Gasteiger charge is -2.12. The predicted molar refractivity (Wildman–Crippen MR) is 94.8 cm³/mol. The normalized spacial score (nSPS) is 10.4. The Morgan fingerprint density at radius 3 is 2.61 bits per heavy atom. The van der Waals surface area contributed by atoms with Crippen LogP contribution in [0.25, 0.3) is 0 Å². The van der Waals surface area contributed by atoms with Gasteiger partial charge >= 0.3 is 0 Å². The molecule has 0 fully saturated rings. The molecular formula is C17H26ClN3O2. The van der Waals surface area contributed by atoms with Gasteiger partial charge in [0.1, 0.15) is 0 Å². The standard InChI is InChI=1S/C17H26ClN3O2/c1-2-11-20-17(23)14-9-8-13(18)12-15(14)21-16(22)7-5-3-4-6-10-19/h8-9,12H,2-7,10-11,19H2,1H3,(H,20,23)(H,21,22). The summed E-state index contributed by atoms with van der Waals surface area (Å²) in [6.45, 7) is 3.26. The first-order valence-corrected chi connectivity index (χ1v) is 8.54. The summed E-state index contributed by atoms with van der Waals surface area (Å²) in [5.41, 5.74) is 6.32. The van der Waals surface area contributed by atoms with Crippen LogP contribution in [-0.2, 0) is 4.79 Å². The van der Waals surface area contributed by atoms with E-state index in [4.69, 9.17) is 17.3 Å². The Labute approximate surface area is 143 Å². The van der Waals surface area contributed by atoms with E-state index in [-0.39, 0.29) is 11.8 Å². The molecule has 1 aromatic carbocycles. The quantitative estimate of drug-likeness (QED) is 0.572. The molecule has 0 unspecified atom stereocenters. The second-order valence-electron chi connectivity index (χ2n) is 5.45. The van der Waals surface area contributed by atoms with Crippen LogP contribution in [-0.4, -0.2) is 24.9 Å². The van der Waals surface area contributed by atoms with E-state index >= 15 is 0 Å². The molecule has 0 aliphatic rings. The van der Waals surface area contributed by atoms with Crippen LogP contribution in [0, 0.1) is 0 Å². The third-order valence-corrected chi connectivity index (χ3v) is 3.63. The first-order valence-electron chi connectivity index (χ1n) is 8.16. The molecule has 23 heavy (non-hydrogen) atoms. The van der Waals surface area contributed by atoms with Gasteiger partial charge in [-0.3, -0.25) is 9.59 Å². The Morgan fingerprint density at radius 1 is 1.17 bits per heavy atom. The predicted octanol–water partition coefficient (Wildman–Crippen LogP) is 3.33. The van der Waals surface area contributed by atoms with Crippen molar-refractivity contribution in [1.29, 1.82) is 0 Å². The number of hydrogen-bond donors (Lipinski definition) is 3.